The van der Waals surface area contributed by atoms with Crippen molar-refractivity contribution in [3.8, 4) is 5.75 Å². The number of amides is 1. The Balaban J connectivity index is 1.44. The minimum Gasteiger partial charge on any atom is -0.497 e. The number of benzene rings is 1. The Bertz CT molecular complexity index is 1050. The number of aryl methyl sites for hydroxylation is 1. The molecule has 1 fully saturated rings. The van der Waals surface area contributed by atoms with Gasteiger partial charge in [0, 0.05) is 26.6 Å². The Morgan fingerprint density at radius 2 is 2.16 bits per heavy atom. The Morgan fingerprint density at radius 3 is 2.90 bits per heavy atom. The second-order valence-electron chi connectivity index (χ2n) is 8.52. The van der Waals surface area contributed by atoms with Crippen LogP contribution < -0.4 is 4.74 Å². The molecule has 0 N–H and O–H groups in total. The maximum atomic E-state index is 13.1. The van der Waals surface area contributed by atoms with Crippen molar-refractivity contribution in [3.63, 3.8) is 0 Å². The summed E-state index contributed by atoms with van der Waals surface area (Å²) in [6.07, 6.45) is 4.35. The van der Waals surface area contributed by atoms with Gasteiger partial charge in [-0.3, -0.25) is 9.48 Å². The minimum absolute atomic E-state index is 0.0229. The molecule has 1 saturated heterocycles. The molecule has 31 heavy (non-hydrogen) atoms. The number of hydrogen-bond acceptors (Lipinski definition) is 5. The van der Waals surface area contributed by atoms with Gasteiger partial charge < -0.3 is 14.1 Å². The summed E-state index contributed by atoms with van der Waals surface area (Å²) in [5.74, 6) is 2.78. The van der Waals surface area contributed by atoms with Crippen LogP contribution in [0.4, 0.5) is 0 Å². The molecule has 1 unspecified atom stereocenters. The van der Waals surface area contributed by atoms with Gasteiger partial charge in [-0.05, 0) is 42.5 Å². The van der Waals surface area contributed by atoms with Crippen molar-refractivity contribution in [2.75, 3.05) is 20.2 Å². The Labute approximate surface area is 183 Å². The predicted octanol–water partition coefficient (Wildman–Crippen LogP) is 4.15. The number of hydrogen-bond donors (Lipinski definition) is 0. The quantitative estimate of drug-likeness (QED) is 0.597. The Morgan fingerprint density at radius 1 is 1.32 bits per heavy atom. The van der Waals surface area contributed by atoms with Crippen LogP contribution in [0, 0.1) is 0 Å². The number of carbonyl (C=O) groups excluding carboxylic acids is 1. The summed E-state index contributed by atoms with van der Waals surface area (Å²) in [7, 11) is 3.50. The van der Waals surface area contributed by atoms with E-state index in [4.69, 9.17) is 9.15 Å². The number of nitrogens with zero attached hydrogens (tertiary/aromatic N) is 4. The molecule has 1 aliphatic heterocycles. The highest BCUT2D eigenvalue weighted by atomic mass is 16.5. The van der Waals surface area contributed by atoms with Crippen LogP contribution in [0.2, 0.25) is 0 Å². The van der Waals surface area contributed by atoms with E-state index in [9.17, 15) is 4.79 Å². The summed E-state index contributed by atoms with van der Waals surface area (Å²) in [6.45, 7) is 5.52. The fourth-order valence-corrected chi connectivity index (χ4v) is 4.07. The number of rotatable bonds is 6. The zero-order chi connectivity index (χ0) is 22.0. The normalized spacial score (nSPS) is 16.7. The molecule has 3 heterocycles. The second-order valence-corrected chi connectivity index (χ2v) is 8.52. The first-order valence-corrected chi connectivity index (χ1v) is 10.9. The number of carbonyl (C=O) groups is 1. The van der Waals surface area contributed by atoms with Gasteiger partial charge in [0.05, 0.1) is 24.9 Å². The van der Waals surface area contributed by atoms with Crippen molar-refractivity contribution in [2.24, 2.45) is 7.05 Å². The topological polar surface area (TPSA) is 73.4 Å². The van der Waals surface area contributed by atoms with Crippen molar-refractivity contribution < 1.29 is 13.9 Å². The van der Waals surface area contributed by atoms with Crippen LogP contribution in [0.5, 0.6) is 5.75 Å². The Hall–Kier alpha value is -3.09. The highest BCUT2D eigenvalue weighted by Crippen LogP contribution is 2.28. The van der Waals surface area contributed by atoms with E-state index >= 15 is 0 Å². The summed E-state index contributed by atoms with van der Waals surface area (Å²) in [5.41, 5.74) is 2.68. The molecule has 0 bridgehead atoms. The molecular formula is C24H30N4O3. The summed E-state index contributed by atoms with van der Waals surface area (Å²) in [4.78, 5) is 19.6. The fourth-order valence-electron chi connectivity index (χ4n) is 4.07. The molecule has 7 heteroatoms. The standard InChI is InChI=1S/C24H30N4O3/c1-16(2)21-13-22(27(3)26-21)24(29)28-10-6-8-18(15-28)23-25-14-20(31-23)12-17-7-5-9-19(11-17)30-4/h5,7,9,11,13-14,16,18H,6,8,10,12,15H2,1-4H3. The van der Waals surface area contributed by atoms with Crippen LogP contribution in [-0.4, -0.2) is 45.8 Å². The van der Waals surface area contributed by atoms with Crippen LogP contribution in [0.25, 0.3) is 0 Å². The first-order chi connectivity index (χ1) is 14.9. The number of piperidine rings is 1. The van der Waals surface area contributed by atoms with Crippen molar-refractivity contribution >= 4 is 5.91 Å². The first-order valence-electron chi connectivity index (χ1n) is 10.9. The maximum absolute atomic E-state index is 13.1. The fraction of sp³-hybridized carbons (Fsp3) is 0.458. The molecule has 2 aromatic heterocycles. The lowest BCUT2D eigenvalue weighted by Gasteiger charge is -2.31. The van der Waals surface area contributed by atoms with Crippen LogP contribution >= 0.6 is 0 Å². The van der Waals surface area contributed by atoms with E-state index < -0.39 is 0 Å². The molecule has 1 aliphatic rings. The summed E-state index contributed by atoms with van der Waals surface area (Å²) < 4.78 is 13.1. The molecule has 3 aromatic rings. The predicted molar refractivity (Wildman–Crippen MR) is 117 cm³/mol. The molecule has 1 aromatic carbocycles. The van der Waals surface area contributed by atoms with Crippen molar-refractivity contribution in [1.82, 2.24) is 19.7 Å². The molecule has 4 rings (SSSR count). The molecule has 7 nitrogen and oxygen atoms in total. The van der Waals surface area contributed by atoms with Gasteiger partial charge in [-0.25, -0.2) is 4.98 Å². The highest BCUT2D eigenvalue weighted by Gasteiger charge is 2.30. The van der Waals surface area contributed by atoms with Gasteiger partial charge in [-0.2, -0.15) is 5.10 Å². The third kappa shape index (κ3) is 4.65. The van der Waals surface area contributed by atoms with Crippen LogP contribution in [0.1, 0.15) is 71.9 Å². The van der Waals surface area contributed by atoms with E-state index in [0.29, 0.717) is 24.6 Å². The number of oxazole rings is 1. The lowest BCUT2D eigenvalue weighted by atomic mass is 9.97. The summed E-state index contributed by atoms with van der Waals surface area (Å²) >= 11 is 0. The van der Waals surface area contributed by atoms with E-state index in [0.717, 1.165) is 42.2 Å². The summed E-state index contributed by atoms with van der Waals surface area (Å²) in [5, 5.41) is 4.49. The molecule has 1 amide bonds. The van der Waals surface area contributed by atoms with Gasteiger partial charge in [-0.15, -0.1) is 0 Å². The van der Waals surface area contributed by atoms with E-state index in [2.05, 4.69) is 23.9 Å². The van der Waals surface area contributed by atoms with Crippen molar-refractivity contribution in [3.05, 3.63) is 65.1 Å². The number of ether oxygens (including phenoxy) is 1. The SMILES string of the molecule is COc1cccc(Cc2cnc(C3CCCN(C(=O)c4cc(C(C)C)nn4C)C3)o2)c1. The largest absolute Gasteiger partial charge is 0.497 e. The first kappa shape index (κ1) is 21.2. The van der Waals surface area contributed by atoms with E-state index in [-0.39, 0.29) is 17.7 Å². The highest BCUT2D eigenvalue weighted by molar-refractivity contribution is 5.92. The number of likely N-dealkylation sites (tertiary alicyclic amines) is 1. The van der Waals surface area contributed by atoms with Gasteiger partial charge in [0.1, 0.15) is 17.2 Å². The molecule has 0 spiro atoms. The van der Waals surface area contributed by atoms with Gasteiger partial charge in [-0.1, -0.05) is 26.0 Å². The molecule has 0 saturated carbocycles. The van der Waals surface area contributed by atoms with E-state index in [1.807, 2.05) is 42.3 Å². The second kappa shape index (κ2) is 8.96. The third-order valence-electron chi connectivity index (χ3n) is 5.85. The van der Waals surface area contributed by atoms with Gasteiger partial charge in [0.25, 0.3) is 5.91 Å². The minimum atomic E-state index is 0.0229. The molecule has 0 radical (unpaired) electrons. The van der Waals surface area contributed by atoms with Crippen LogP contribution in [0.15, 0.2) is 40.9 Å². The average Bonchev–Trinajstić information content (AvgIpc) is 3.40. The average molecular weight is 423 g/mol. The van der Waals surface area contributed by atoms with Gasteiger partial charge in [0.15, 0.2) is 5.89 Å². The smallest absolute Gasteiger partial charge is 0.272 e. The summed E-state index contributed by atoms with van der Waals surface area (Å²) in [6, 6.07) is 9.86. The van der Waals surface area contributed by atoms with E-state index in [1.54, 1.807) is 18.0 Å². The number of aromatic nitrogens is 3. The monoisotopic (exact) mass is 422 g/mol. The Kier molecular flexibility index (Phi) is 6.11. The van der Waals surface area contributed by atoms with E-state index in [1.165, 1.54) is 0 Å². The zero-order valence-electron chi connectivity index (χ0n) is 18.7. The molecule has 1 atom stereocenters. The van der Waals surface area contributed by atoms with Crippen LogP contribution in [0.3, 0.4) is 0 Å². The maximum Gasteiger partial charge on any atom is 0.272 e. The van der Waals surface area contributed by atoms with Gasteiger partial charge in [0.2, 0.25) is 0 Å². The zero-order valence-corrected chi connectivity index (χ0v) is 18.7. The lowest BCUT2D eigenvalue weighted by Crippen LogP contribution is -2.40. The molecular weight excluding hydrogens is 392 g/mol. The molecule has 164 valence electrons. The van der Waals surface area contributed by atoms with Crippen molar-refractivity contribution in [2.45, 2.75) is 44.9 Å². The van der Waals surface area contributed by atoms with Crippen LogP contribution in [-0.2, 0) is 13.5 Å². The number of methoxy groups -OCH3 is 1. The third-order valence-corrected chi connectivity index (χ3v) is 5.85. The van der Waals surface area contributed by atoms with Gasteiger partial charge >= 0.3 is 0 Å². The van der Waals surface area contributed by atoms with Crippen molar-refractivity contribution in [1.29, 1.82) is 0 Å². The lowest BCUT2D eigenvalue weighted by molar-refractivity contribution is 0.0686. The molecule has 0 aliphatic carbocycles.